The molecule has 0 unspecified atom stereocenters. The van der Waals surface area contributed by atoms with E-state index in [9.17, 15) is 0 Å². The first-order chi connectivity index (χ1) is 9.96. The Labute approximate surface area is 125 Å². The Balaban J connectivity index is 1.91. The lowest BCUT2D eigenvalue weighted by Gasteiger charge is -2.20. The lowest BCUT2D eigenvalue weighted by molar-refractivity contribution is 0.242. The second-order valence-electron chi connectivity index (χ2n) is 6.00. The van der Waals surface area contributed by atoms with Crippen LogP contribution in [0.5, 0.6) is 5.75 Å². The highest BCUT2D eigenvalue weighted by molar-refractivity contribution is 5.28. The minimum atomic E-state index is 0.0944. The van der Waals surface area contributed by atoms with Gasteiger partial charge in [0.2, 0.25) is 0 Å². The number of hydrogen-bond donors (Lipinski definition) is 1. The van der Waals surface area contributed by atoms with Crippen LogP contribution in [0.2, 0.25) is 0 Å². The van der Waals surface area contributed by atoms with E-state index in [1.165, 1.54) is 5.56 Å². The molecule has 1 aromatic heterocycles. The van der Waals surface area contributed by atoms with Crippen molar-refractivity contribution >= 4 is 0 Å². The maximum Gasteiger partial charge on any atom is 0.264 e. The van der Waals surface area contributed by atoms with Crippen molar-refractivity contribution in [2.24, 2.45) is 0 Å². The molecule has 2 aromatic rings. The Kier molecular flexibility index (Phi) is 4.96. The van der Waals surface area contributed by atoms with Gasteiger partial charge in [-0.3, -0.25) is 0 Å². The third kappa shape index (κ3) is 5.19. The summed E-state index contributed by atoms with van der Waals surface area (Å²) in [5.41, 5.74) is 1.28. The standard InChI is InChI=1S/C16H23N3O2/c1-5-14-18-15(21-19-14)11-20-13-8-6-7-12(9-13)10-17-16(2,3)4/h6-9,17H,5,10-11H2,1-4H3. The van der Waals surface area contributed by atoms with Gasteiger partial charge in [0.05, 0.1) is 0 Å². The van der Waals surface area contributed by atoms with Crippen molar-refractivity contribution in [3.05, 3.63) is 41.5 Å². The molecule has 21 heavy (non-hydrogen) atoms. The summed E-state index contributed by atoms with van der Waals surface area (Å²) in [4.78, 5) is 4.22. The highest BCUT2D eigenvalue weighted by atomic mass is 16.5. The molecule has 1 N–H and O–H groups in total. The monoisotopic (exact) mass is 289 g/mol. The molecule has 0 amide bonds. The molecule has 5 nitrogen and oxygen atoms in total. The van der Waals surface area contributed by atoms with E-state index in [0.29, 0.717) is 18.3 Å². The number of aromatic nitrogens is 2. The fraction of sp³-hybridized carbons (Fsp3) is 0.500. The zero-order chi connectivity index (χ0) is 15.3. The molecule has 0 aliphatic heterocycles. The third-order valence-corrected chi connectivity index (χ3v) is 2.91. The van der Waals surface area contributed by atoms with Crippen molar-refractivity contribution in [2.75, 3.05) is 0 Å². The second-order valence-corrected chi connectivity index (χ2v) is 6.00. The van der Waals surface area contributed by atoms with Gasteiger partial charge in [0.1, 0.15) is 5.75 Å². The van der Waals surface area contributed by atoms with Gasteiger partial charge in [0.15, 0.2) is 12.4 Å². The summed E-state index contributed by atoms with van der Waals surface area (Å²) in [7, 11) is 0. The van der Waals surface area contributed by atoms with Gasteiger partial charge in [0, 0.05) is 18.5 Å². The number of benzene rings is 1. The Morgan fingerprint density at radius 1 is 1.29 bits per heavy atom. The molecule has 0 atom stereocenters. The minimum absolute atomic E-state index is 0.0944. The van der Waals surface area contributed by atoms with Crippen LogP contribution in [0, 0.1) is 0 Å². The number of ether oxygens (including phenoxy) is 1. The van der Waals surface area contributed by atoms with Gasteiger partial charge in [-0.2, -0.15) is 4.98 Å². The van der Waals surface area contributed by atoms with Crippen LogP contribution in [-0.2, 0) is 19.6 Å². The number of hydrogen-bond acceptors (Lipinski definition) is 5. The van der Waals surface area contributed by atoms with Crippen LogP contribution in [0.25, 0.3) is 0 Å². The van der Waals surface area contributed by atoms with Gasteiger partial charge in [-0.05, 0) is 38.5 Å². The average molecular weight is 289 g/mol. The van der Waals surface area contributed by atoms with Crippen LogP contribution in [0.3, 0.4) is 0 Å². The van der Waals surface area contributed by atoms with Crippen LogP contribution in [0.1, 0.15) is 45.0 Å². The van der Waals surface area contributed by atoms with Crippen LogP contribution in [0.4, 0.5) is 0 Å². The van der Waals surface area contributed by atoms with Crippen LogP contribution in [0.15, 0.2) is 28.8 Å². The normalized spacial score (nSPS) is 11.6. The fourth-order valence-electron chi connectivity index (χ4n) is 1.75. The molecular weight excluding hydrogens is 266 g/mol. The summed E-state index contributed by atoms with van der Waals surface area (Å²) in [6, 6.07) is 8.02. The molecule has 0 aliphatic carbocycles. The van der Waals surface area contributed by atoms with Crippen LogP contribution in [-0.4, -0.2) is 15.7 Å². The van der Waals surface area contributed by atoms with E-state index >= 15 is 0 Å². The SMILES string of the molecule is CCc1noc(COc2cccc(CNC(C)(C)C)c2)n1. The van der Waals surface area contributed by atoms with Crippen molar-refractivity contribution in [1.29, 1.82) is 0 Å². The van der Waals surface area contributed by atoms with Crippen molar-refractivity contribution in [2.45, 2.75) is 52.8 Å². The Morgan fingerprint density at radius 3 is 2.76 bits per heavy atom. The summed E-state index contributed by atoms with van der Waals surface area (Å²) in [6.07, 6.45) is 0.761. The third-order valence-electron chi connectivity index (χ3n) is 2.91. The highest BCUT2D eigenvalue weighted by Crippen LogP contribution is 2.15. The van der Waals surface area contributed by atoms with Gasteiger partial charge in [-0.25, -0.2) is 0 Å². The van der Waals surface area contributed by atoms with Gasteiger partial charge in [-0.1, -0.05) is 24.2 Å². The van der Waals surface area contributed by atoms with E-state index in [2.05, 4.69) is 42.3 Å². The first-order valence-electron chi connectivity index (χ1n) is 7.24. The van der Waals surface area contributed by atoms with Crippen LogP contribution >= 0.6 is 0 Å². The molecule has 0 spiro atoms. The lowest BCUT2D eigenvalue weighted by Crippen LogP contribution is -2.35. The molecule has 1 aromatic carbocycles. The molecule has 0 radical (unpaired) electrons. The molecule has 0 saturated heterocycles. The average Bonchev–Trinajstić information content (AvgIpc) is 2.91. The van der Waals surface area contributed by atoms with Crippen LogP contribution < -0.4 is 10.1 Å². The summed E-state index contributed by atoms with van der Waals surface area (Å²) < 4.78 is 10.8. The predicted molar refractivity (Wildman–Crippen MR) is 81.0 cm³/mol. The van der Waals surface area contributed by atoms with Crippen molar-refractivity contribution in [1.82, 2.24) is 15.5 Å². The Hall–Kier alpha value is -1.88. The highest BCUT2D eigenvalue weighted by Gasteiger charge is 2.09. The van der Waals surface area contributed by atoms with E-state index in [-0.39, 0.29) is 5.54 Å². The molecule has 0 fully saturated rings. The molecule has 5 heteroatoms. The summed E-state index contributed by atoms with van der Waals surface area (Å²) >= 11 is 0. The van der Waals surface area contributed by atoms with Gasteiger partial charge in [0.25, 0.3) is 5.89 Å². The maximum atomic E-state index is 5.70. The van der Waals surface area contributed by atoms with Crippen molar-refractivity contribution < 1.29 is 9.26 Å². The van der Waals surface area contributed by atoms with Gasteiger partial charge >= 0.3 is 0 Å². The molecular formula is C16H23N3O2. The van der Waals surface area contributed by atoms with Crippen molar-refractivity contribution in [3.63, 3.8) is 0 Å². The quantitative estimate of drug-likeness (QED) is 0.885. The zero-order valence-corrected chi connectivity index (χ0v) is 13.1. The maximum absolute atomic E-state index is 5.70. The smallest absolute Gasteiger partial charge is 0.264 e. The van der Waals surface area contributed by atoms with Gasteiger partial charge < -0.3 is 14.6 Å². The topological polar surface area (TPSA) is 60.2 Å². The first-order valence-corrected chi connectivity index (χ1v) is 7.24. The Morgan fingerprint density at radius 2 is 2.10 bits per heavy atom. The van der Waals surface area contributed by atoms with E-state index in [1.54, 1.807) is 0 Å². The lowest BCUT2D eigenvalue weighted by atomic mass is 10.1. The minimum Gasteiger partial charge on any atom is -0.484 e. The molecule has 1 heterocycles. The number of nitrogens with one attached hydrogen (secondary N) is 1. The van der Waals surface area contributed by atoms with E-state index in [1.807, 2.05) is 25.1 Å². The summed E-state index contributed by atoms with van der Waals surface area (Å²) in [6.45, 7) is 9.53. The molecule has 0 bridgehead atoms. The molecule has 0 saturated carbocycles. The number of aryl methyl sites for hydroxylation is 1. The van der Waals surface area contributed by atoms with Gasteiger partial charge in [-0.15, -0.1) is 0 Å². The summed E-state index contributed by atoms with van der Waals surface area (Å²) in [5, 5.41) is 7.30. The molecule has 0 aliphatic rings. The fourth-order valence-corrected chi connectivity index (χ4v) is 1.75. The summed E-state index contributed by atoms with van der Waals surface area (Å²) in [5.74, 6) is 2.02. The largest absolute Gasteiger partial charge is 0.484 e. The second kappa shape index (κ2) is 6.72. The first kappa shape index (κ1) is 15.5. The Bertz CT molecular complexity index is 573. The molecule has 2 rings (SSSR count). The van der Waals surface area contributed by atoms with Crippen molar-refractivity contribution in [3.8, 4) is 5.75 Å². The zero-order valence-electron chi connectivity index (χ0n) is 13.1. The predicted octanol–water partition coefficient (Wildman–Crippen LogP) is 3.10. The number of rotatable bonds is 6. The number of nitrogens with zero attached hydrogens (tertiary/aromatic N) is 2. The van der Waals surface area contributed by atoms with E-state index in [0.717, 1.165) is 18.7 Å². The molecule has 114 valence electrons. The van der Waals surface area contributed by atoms with E-state index in [4.69, 9.17) is 9.26 Å². The van der Waals surface area contributed by atoms with E-state index < -0.39 is 0 Å².